The van der Waals surface area contributed by atoms with Crippen LogP contribution < -0.4 is 15.0 Å². The highest BCUT2D eigenvalue weighted by Gasteiger charge is 2.38. The summed E-state index contributed by atoms with van der Waals surface area (Å²) in [5.74, 6) is 1.36. The number of rotatable bonds is 8. The molecule has 2 amide bonds. The van der Waals surface area contributed by atoms with E-state index >= 15 is 0 Å². The van der Waals surface area contributed by atoms with E-state index in [1.165, 1.54) is 16.7 Å². The number of carbonyl (C=O) groups is 2. The lowest BCUT2D eigenvalue weighted by Gasteiger charge is -2.32. The molecule has 2 aromatic rings. The van der Waals surface area contributed by atoms with E-state index in [0.717, 1.165) is 32.4 Å². The Hall–Kier alpha value is -3.04. The fourth-order valence-electron chi connectivity index (χ4n) is 4.68. The number of benzene rings is 1. The van der Waals surface area contributed by atoms with Crippen molar-refractivity contribution in [3.63, 3.8) is 0 Å². The minimum absolute atomic E-state index is 0.111. The van der Waals surface area contributed by atoms with E-state index in [9.17, 15) is 9.59 Å². The standard InChI is InChI=1S/C27H35N5O3S/c1-19(2)24-25(33)32(26(36)29-24)23-10-9-22(17-28-23)35-27(34)31-15-12-20(13-16-31)11-14-30(3)18-21-7-5-4-6-8-21/h4-10,17,19-20,24H,11-16,18H2,1-3H3,(H,29,36). The molecule has 9 heteroatoms. The Morgan fingerprint density at radius 2 is 1.92 bits per heavy atom. The zero-order valence-electron chi connectivity index (χ0n) is 21.2. The molecule has 1 aromatic heterocycles. The van der Waals surface area contributed by atoms with Crippen LogP contribution in [-0.2, 0) is 11.3 Å². The number of nitrogens with zero attached hydrogens (tertiary/aromatic N) is 4. The van der Waals surface area contributed by atoms with E-state index in [0.29, 0.717) is 35.7 Å². The lowest BCUT2D eigenvalue weighted by Crippen LogP contribution is -2.40. The molecule has 1 unspecified atom stereocenters. The average Bonchev–Trinajstić information content (AvgIpc) is 3.18. The van der Waals surface area contributed by atoms with Crippen molar-refractivity contribution in [1.82, 2.24) is 20.1 Å². The maximum Gasteiger partial charge on any atom is 0.415 e. The molecule has 0 spiro atoms. The molecule has 1 aromatic carbocycles. The minimum atomic E-state index is -0.362. The van der Waals surface area contributed by atoms with Gasteiger partial charge >= 0.3 is 6.09 Å². The van der Waals surface area contributed by atoms with Gasteiger partial charge in [-0.1, -0.05) is 44.2 Å². The summed E-state index contributed by atoms with van der Waals surface area (Å²) < 4.78 is 5.55. The monoisotopic (exact) mass is 509 g/mol. The molecule has 0 aliphatic carbocycles. The largest absolute Gasteiger partial charge is 0.415 e. The van der Waals surface area contributed by atoms with Crippen molar-refractivity contribution in [3.8, 4) is 5.75 Å². The SMILES string of the molecule is CC(C)C1NC(=S)N(c2ccc(OC(=O)N3CCC(CCN(C)Cc4ccccc4)CC3)cn2)C1=O. The van der Waals surface area contributed by atoms with Crippen LogP contribution in [0.2, 0.25) is 0 Å². The molecule has 8 nitrogen and oxygen atoms in total. The first kappa shape index (κ1) is 26.0. The van der Waals surface area contributed by atoms with Crippen LogP contribution in [0.15, 0.2) is 48.7 Å². The summed E-state index contributed by atoms with van der Waals surface area (Å²) in [7, 11) is 2.16. The van der Waals surface area contributed by atoms with Crippen LogP contribution in [-0.4, -0.2) is 64.6 Å². The van der Waals surface area contributed by atoms with Gasteiger partial charge in [0.2, 0.25) is 0 Å². The Labute approximate surface area is 218 Å². The lowest BCUT2D eigenvalue weighted by atomic mass is 9.93. The normalized spacial score (nSPS) is 18.8. The van der Waals surface area contributed by atoms with E-state index in [2.05, 4.69) is 46.5 Å². The van der Waals surface area contributed by atoms with Crippen molar-refractivity contribution in [3.05, 3.63) is 54.2 Å². The summed E-state index contributed by atoms with van der Waals surface area (Å²) in [6.07, 6.45) is 4.18. The molecule has 2 aliphatic rings. The molecule has 1 N–H and O–H groups in total. The summed E-state index contributed by atoms with van der Waals surface area (Å²) in [6.45, 7) is 7.30. The first-order valence-electron chi connectivity index (χ1n) is 12.6. The Morgan fingerprint density at radius 3 is 2.53 bits per heavy atom. The van der Waals surface area contributed by atoms with E-state index in [1.807, 2.05) is 19.9 Å². The Kier molecular flexibility index (Phi) is 8.53. The predicted octanol–water partition coefficient (Wildman–Crippen LogP) is 4.06. The zero-order valence-corrected chi connectivity index (χ0v) is 22.0. The van der Waals surface area contributed by atoms with Crippen LogP contribution in [0.5, 0.6) is 5.75 Å². The lowest BCUT2D eigenvalue weighted by molar-refractivity contribution is -0.119. The Balaban J connectivity index is 1.21. The molecule has 0 saturated carbocycles. The van der Waals surface area contributed by atoms with E-state index in [4.69, 9.17) is 17.0 Å². The first-order valence-corrected chi connectivity index (χ1v) is 13.0. The van der Waals surface area contributed by atoms with Crippen LogP contribution in [0.3, 0.4) is 0 Å². The predicted molar refractivity (Wildman–Crippen MR) is 144 cm³/mol. The second-order valence-electron chi connectivity index (χ2n) is 10.0. The van der Waals surface area contributed by atoms with Crippen LogP contribution in [0, 0.1) is 11.8 Å². The van der Waals surface area contributed by atoms with Crippen molar-refractivity contribution in [2.45, 2.75) is 45.7 Å². The quantitative estimate of drug-likeness (QED) is 0.538. The maximum atomic E-state index is 12.7. The number of amides is 2. The number of carbonyl (C=O) groups excluding carboxylic acids is 2. The highest BCUT2D eigenvalue weighted by molar-refractivity contribution is 7.80. The molecule has 1 atom stereocenters. The third kappa shape index (κ3) is 6.39. The van der Waals surface area contributed by atoms with Crippen molar-refractivity contribution in [1.29, 1.82) is 0 Å². The molecule has 3 heterocycles. The molecule has 2 saturated heterocycles. The minimum Gasteiger partial charge on any atom is -0.409 e. The third-order valence-electron chi connectivity index (χ3n) is 6.88. The first-order chi connectivity index (χ1) is 17.3. The van der Waals surface area contributed by atoms with Gasteiger partial charge in [-0.05, 0) is 74.6 Å². The van der Waals surface area contributed by atoms with E-state index < -0.39 is 0 Å². The van der Waals surface area contributed by atoms with E-state index in [-0.39, 0.29) is 24.0 Å². The van der Waals surface area contributed by atoms with Gasteiger partial charge in [0, 0.05) is 19.6 Å². The van der Waals surface area contributed by atoms with Gasteiger partial charge in [0.25, 0.3) is 5.91 Å². The van der Waals surface area contributed by atoms with Gasteiger partial charge in [0.05, 0.1) is 6.20 Å². The van der Waals surface area contributed by atoms with Crippen molar-refractivity contribution >= 4 is 35.1 Å². The second-order valence-corrected chi connectivity index (χ2v) is 10.4. The number of hydrogen-bond donors (Lipinski definition) is 1. The van der Waals surface area contributed by atoms with Gasteiger partial charge in [0.15, 0.2) is 10.9 Å². The number of likely N-dealkylation sites (tertiary alicyclic amines) is 1. The summed E-state index contributed by atoms with van der Waals surface area (Å²) in [6, 6.07) is 13.4. The van der Waals surface area contributed by atoms with Crippen molar-refractivity contribution in [2.75, 3.05) is 31.6 Å². The van der Waals surface area contributed by atoms with Gasteiger partial charge in [-0.3, -0.25) is 4.79 Å². The summed E-state index contributed by atoms with van der Waals surface area (Å²) in [5.41, 5.74) is 1.33. The maximum absolute atomic E-state index is 12.7. The molecular formula is C27H35N5O3S. The Bertz CT molecular complexity index is 1050. The topological polar surface area (TPSA) is 78.0 Å². The van der Waals surface area contributed by atoms with Gasteiger partial charge in [0.1, 0.15) is 11.9 Å². The van der Waals surface area contributed by atoms with Gasteiger partial charge in [-0.25, -0.2) is 14.7 Å². The number of nitrogens with one attached hydrogen (secondary N) is 1. The summed E-state index contributed by atoms with van der Waals surface area (Å²) in [5, 5.41) is 3.38. The van der Waals surface area contributed by atoms with Crippen LogP contribution >= 0.6 is 12.2 Å². The highest BCUT2D eigenvalue weighted by atomic mass is 32.1. The second kappa shape index (κ2) is 11.8. The van der Waals surface area contributed by atoms with Crippen LogP contribution in [0.1, 0.15) is 38.7 Å². The number of piperidine rings is 1. The molecule has 192 valence electrons. The van der Waals surface area contributed by atoms with Crippen molar-refractivity contribution < 1.29 is 14.3 Å². The zero-order chi connectivity index (χ0) is 25.7. The molecule has 2 aliphatic heterocycles. The van der Waals surface area contributed by atoms with Crippen molar-refractivity contribution in [2.24, 2.45) is 11.8 Å². The molecule has 0 bridgehead atoms. The molecule has 36 heavy (non-hydrogen) atoms. The summed E-state index contributed by atoms with van der Waals surface area (Å²) >= 11 is 5.31. The fraction of sp³-hybridized carbons (Fsp3) is 0.481. The number of pyridine rings is 1. The van der Waals surface area contributed by atoms with Gasteiger partial charge in [-0.2, -0.15) is 0 Å². The highest BCUT2D eigenvalue weighted by Crippen LogP contribution is 2.24. The number of hydrogen-bond acceptors (Lipinski definition) is 6. The van der Waals surface area contributed by atoms with Crippen LogP contribution in [0.25, 0.3) is 0 Å². The number of aromatic nitrogens is 1. The van der Waals surface area contributed by atoms with Gasteiger partial charge < -0.3 is 19.9 Å². The number of thiocarbonyl (C=S) groups is 1. The number of ether oxygens (including phenoxy) is 1. The average molecular weight is 510 g/mol. The molecular weight excluding hydrogens is 474 g/mol. The number of anilines is 1. The molecule has 4 rings (SSSR count). The van der Waals surface area contributed by atoms with Crippen LogP contribution in [0.4, 0.5) is 10.6 Å². The smallest absolute Gasteiger partial charge is 0.409 e. The molecule has 0 radical (unpaired) electrons. The van der Waals surface area contributed by atoms with Gasteiger partial charge in [-0.15, -0.1) is 0 Å². The Morgan fingerprint density at radius 1 is 1.19 bits per heavy atom. The molecule has 2 fully saturated rings. The summed E-state index contributed by atoms with van der Waals surface area (Å²) in [4.78, 5) is 35.2. The van der Waals surface area contributed by atoms with E-state index in [1.54, 1.807) is 17.0 Å². The third-order valence-corrected chi connectivity index (χ3v) is 7.18. The fourth-order valence-corrected chi connectivity index (χ4v) is 4.99.